The molecule has 1 amide bonds. The summed E-state index contributed by atoms with van der Waals surface area (Å²) in [4.78, 5) is 13.8. The molecule has 6 nitrogen and oxygen atoms in total. The Morgan fingerprint density at radius 3 is 2.63 bits per heavy atom. The molecule has 1 atom stereocenters. The van der Waals surface area contributed by atoms with Crippen LogP contribution in [0.1, 0.15) is 37.3 Å². The number of sulfonamides is 1. The number of carbonyl (C=O) groups excluding carboxylic acids is 1. The van der Waals surface area contributed by atoms with Crippen molar-refractivity contribution in [3.05, 3.63) is 29.3 Å². The molecule has 148 valence electrons. The number of rotatable bonds is 6. The van der Waals surface area contributed by atoms with Gasteiger partial charge < -0.3 is 10.2 Å². The second-order valence-electron chi connectivity index (χ2n) is 8.31. The van der Waals surface area contributed by atoms with Crippen LogP contribution in [0.5, 0.6) is 0 Å². The molecule has 2 fully saturated rings. The van der Waals surface area contributed by atoms with Gasteiger partial charge in [0.25, 0.3) is 5.91 Å². The van der Waals surface area contributed by atoms with Gasteiger partial charge in [-0.05, 0) is 68.2 Å². The lowest BCUT2D eigenvalue weighted by Gasteiger charge is -2.31. The quantitative estimate of drug-likeness (QED) is 0.715. The second-order valence-corrected chi connectivity index (χ2v) is 10.2. The maximum absolute atomic E-state index is 13.0. The van der Waals surface area contributed by atoms with E-state index in [1.54, 1.807) is 10.4 Å². The summed E-state index contributed by atoms with van der Waals surface area (Å²) in [5, 5.41) is 3.09. The van der Waals surface area contributed by atoms with E-state index in [-0.39, 0.29) is 11.9 Å². The van der Waals surface area contributed by atoms with Crippen LogP contribution in [0, 0.1) is 5.92 Å². The molecule has 1 saturated heterocycles. The fourth-order valence-corrected chi connectivity index (χ4v) is 5.82. The smallest absolute Gasteiger partial charge is 0.275 e. The second kappa shape index (κ2) is 7.53. The average Bonchev–Trinajstić information content (AvgIpc) is 3.39. The Bertz CT molecular complexity index is 812. The predicted molar refractivity (Wildman–Crippen MR) is 103 cm³/mol. The van der Waals surface area contributed by atoms with Crippen LogP contribution in [-0.4, -0.2) is 57.4 Å². The van der Waals surface area contributed by atoms with E-state index < -0.39 is 10.0 Å². The van der Waals surface area contributed by atoms with Crippen LogP contribution in [0.3, 0.4) is 0 Å². The number of amides is 1. The van der Waals surface area contributed by atoms with Crippen molar-refractivity contribution in [1.29, 1.82) is 0 Å². The third-order valence-corrected chi connectivity index (χ3v) is 8.16. The van der Waals surface area contributed by atoms with Gasteiger partial charge >= 0.3 is 0 Å². The molecule has 2 aliphatic carbocycles. The molecule has 1 aromatic carbocycles. The van der Waals surface area contributed by atoms with Gasteiger partial charge in [0.15, 0.2) is 6.54 Å². The molecule has 0 aromatic heterocycles. The summed E-state index contributed by atoms with van der Waals surface area (Å²) in [5.41, 5.74) is 2.47. The number of quaternary nitrogens is 1. The minimum Gasteiger partial charge on any atom is -0.348 e. The zero-order chi connectivity index (χ0) is 19.0. The molecule has 1 heterocycles. The van der Waals surface area contributed by atoms with Crippen LogP contribution in [-0.2, 0) is 27.7 Å². The first-order chi connectivity index (χ1) is 12.9. The lowest BCUT2D eigenvalue weighted by Crippen LogP contribution is -3.15. The monoisotopic (exact) mass is 392 g/mol. The molecule has 4 rings (SSSR count). The number of hydrogen-bond acceptors (Lipinski definition) is 3. The highest BCUT2D eigenvalue weighted by atomic mass is 32.2. The van der Waals surface area contributed by atoms with Crippen molar-refractivity contribution in [2.75, 3.05) is 32.7 Å². The highest BCUT2D eigenvalue weighted by Crippen LogP contribution is 2.32. The van der Waals surface area contributed by atoms with E-state index in [1.165, 1.54) is 24.0 Å². The summed E-state index contributed by atoms with van der Waals surface area (Å²) >= 11 is 0. The summed E-state index contributed by atoms with van der Waals surface area (Å²) in [7, 11) is -3.44. The fourth-order valence-electron chi connectivity index (χ4n) is 4.32. The minimum absolute atomic E-state index is 0.0827. The van der Waals surface area contributed by atoms with Gasteiger partial charge in [-0.15, -0.1) is 0 Å². The maximum Gasteiger partial charge on any atom is 0.275 e. The van der Waals surface area contributed by atoms with Gasteiger partial charge in [-0.1, -0.05) is 6.07 Å². The van der Waals surface area contributed by atoms with E-state index in [9.17, 15) is 13.2 Å². The number of aryl methyl sites for hydroxylation is 2. The first-order valence-electron chi connectivity index (χ1n) is 10.2. The molecule has 0 unspecified atom stereocenters. The topological polar surface area (TPSA) is 70.9 Å². The summed E-state index contributed by atoms with van der Waals surface area (Å²) in [5.74, 6) is 0.734. The van der Waals surface area contributed by atoms with Gasteiger partial charge in [0.2, 0.25) is 10.0 Å². The summed E-state index contributed by atoms with van der Waals surface area (Å²) in [6.45, 7) is 4.81. The zero-order valence-electron chi connectivity index (χ0n) is 16.0. The lowest BCUT2D eigenvalue weighted by molar-refractivity contribution is -0.895. The Hall–Kier alpha value is -1.44. The van der Waals surface area contributed by atoms with Crippen LogP contribution in [0.25, 0.3) is 0 Å². The Morgan fingerprint density at radius 1 is 1.22 bits per heavy atom. The van der Waals surface area contributed by atoms with Gasteiger partial charge in [0, 0.05) is 6.04 Å². The Kier molecular flexibility index (Phi) is 5.27. The van der Waals surface area contributed by atoms with Crippen LogP contribution >= 0.6 is 0 Å². The van der Waals surface area contributed by atoms with E-state index in [0.29, 0.717) is 43.5 Å². The lowest BCUT2D eigenvalue weighted by atomic mass is 10.1. The van der Waals surface area contributed by atoms with E-state index in [1.807, 2.05) is 12.1 Å². The highest BCUT2D eigenvalue weighted by molar-refractivity contribution is 7.89. The van der Waals surface area contributed by atoms with Crippen molar-refractivity contribution in [1.82, 2.24) is 9.62 Å². The fraction of sp³-hybridized carbons (Fsp3) is 0.650. The van der Waals surface area contributed by atoms with Gasteiger partial charge in [0.1, 0.15) is 0 Å². The molecule has 0 bridgehead atoms. The van der Waals surface area contributed by atoms with Crippen molar-refractivity contribution < 1.29 is 18.1 Å². The average molecular weight is 393 g/mol. The number of carbonyl (C=O) groups is 1. The van der Waals surface area contributed by atoms with E-state index in [4.69, 9.17) is 0 Å². The third kappa shape index (κ3) is 4.20. The first-order valence-corrected chi connectivity index (χ1v) is 11.6. The standard InChI is InChI=1S/C20H29N3O3S/c1-15(16-5-6-16)21-20(24)14-22-9-11-23(12-10-22)27(25,26)19-8-7-17-3-2-4-18(17)13-19/h7-8,13,15-16H,2-6,9-12,14H2,1H3,(H,21,24)/p+1/t15-/m0/s1. The van der Waals surface area contributed by atoms with Gasteiger partial charge in [-0.25, -0.2) is 8.42 Å². The zero-order valence-corrected chi connectivity index (χ0v) is 16.9. The van der Waals surface area contributed by atoms with Crippen LogP contribution in [0.15, 0.2) is 23.1 Å². The molecule has 0 radical (unpaired) electrons. The summed E-state index contributed by atoms with van der Waals surface area (Å²) in [6, 6.07) is 5.86. The highest BCUT2D eigenvalue weighted by Gasteiger charge is 2.33. The van der Waals surface area contributed by atoms with Crippen LogP contribution in [0.2, 0.25) is 0 Å². The van der Waals surface area contributed by atoms with Crippen molar-refractivity contribution in [3.63, 3.8) is 0 Å². The first kappa shape index (κ1) is 18.9. The third-order valence-electron chi connectivity index (χ3n) is 6.27. The van der Waals surface area contributed by atoms with Crippen molar-refractivity contribution in [2.45, 2.75) is 50.0 Å². The van der Waals surface area contributed by atoms with Gasteiger partial charge in [-0.2, -0.15) is 4.31 Å². The van der Waals surface area contributed by atoms with E-state index in [2.05, 4.69) is 12.2 Å². The Labute approximate surface area is 162 Å². The van der Waals surface area contributed by atoms with Crippen molar-refractivity contribution in [3.8, 4) is 0 Å². The summed E-state index contributed by atoms with van der Waals surface area (Å²) < 4.78 is 27.5. The molecule has 2 N–H and O–H groups in total. The van der Waals surface area contributed by atoms with Crippen molar-refractivity contribution in [2.24, 2.45) is 5.92 Å². The van der Waals surface area contributed by atoms with E-state index >= 15 is 0 Å². The van der Waals surface area contributed by atoms with E-state index in [0.717, 1.165) is 24.2 Å². The molecular weight excluding hydrogens is 362 g/mol. The van der Waals surface area contributed by atoms with Gasteiger partial charge in [-0.3, -0.25) is 4.79 Å². The SMILES string of the molecule is C[C@H](NC(=O)C[NH+]1CCN(S(=O)(=O)c2ccc3c(c2)CCC3)CC1)C1CC1. The molecule has 1 aromatic rings. The molecule has 1 aliphatic heterocycles. The number of nitrogens with one attached hydrogen (secondary N) is 2. The minimum atomic E-state index is -3.44. The molecule has 1 saturated carbocycles. The number of benzene rings is 1. The van der Waals surface area contributed by atoms with Crippen LogP contribution < -0.4 is 10.2 Å². The predicted octanol–water partition coefficient (Wildman–Crippen LogP) is -0.0208. The van der Waals surface area contributed by atoms with Gasteiger partial charge in [0.05, 0.1) is 31.1 Å². The number of nitrogens with zero attached hydrogens (tertiary/aromatic N) is 1. The Balaban J connectivity index is 1.32. The number of piperazine rings is 1. The molecule has 27 heavy (non-hydrogen) atoms. The molecule has 3 aliphatic rings. The number of hydrogen-bond donors (Lipinski definition) is 2. The van der Waals surface area contributed by atoms with Crippen LogP contribution in [0.4, 0.5) is 0 Å². The summed E-state index contributed by atoms with van der Waals surface area (Å²) in [6.07, 6.45) is 5.58. The molecule has 7 heteroatoms. The largest absolute Gasteiger partial charge is 0.348 e. The molecule has 0 spiro atoms. The normalized spacial score (nSPS) is 22.4. The Morgan fingerprint density at radius 2 is 1.93 bits per heavy atom. The molecular formula is C20H30N3O3S+. The maximum atomic E-state index is 13.0. The van der Waals surface area contributed by atoms with Crippen molar-refractivity contribution >= 4 is 15.9 Å². The number of fused-ring (bicyclic) bond motifs is 1.